The second kappa shape index (κ2) is 5.53. The van der Waals surface area contributed by atoms with E-state index in [1.807, 2.05) is 30.5 Å². The zero-order chi connectivity index (χ0) is 12.4. The van der Waals surface area contributed by atoms with Gasteiger partial charge in [-0.2, -0.15) is 0 Å². The summed E-state index contributed by atoms with van der Waals surface area (Å²) in [4.78, 5) is 1.08. The highest BCUT2D eigenvalue weighted by molar-refractivity contribution is 7.98. The van der Waals surface area contributed by atoms with Crippen LogP contribution in [0.5, 0.6) is 0 Å². The molecule has 0 nitrogen and oxygen atoms in total. The molecule has 0 bridgehead atoms. The normalized spacial score (nSPS) is 10.6. The molecule has 0 unspecified atom stereocenters. The van der Waals surface area contributed by atoms with E-state index in [1.165, 1.54) is 0 Å². The fourth-order valence-corrected chi connectivity index (χ4v) is 2.86. The lowest BCUT2D eigenvalue weighted by atomic mass is 10.1. The summed E-state index contributed by atoms with van der Waals surface area (Å²) in [6.45, 7) is 0. The van der Waals surface area contributed by atoms with Crippen LogP contribution in [0.15, 0.2) is 41.3 Å². The summed E-state index contributed by atoms with van der Waals surface area (Å²) in [5.41, 5.74) is 1.98. The average Bonchev–Trinajstić information content (AvgIpc) is 2.32. The molecule has 88 valence electrons. The third-order valence-corrected chi connectivity index (χ3v) is 3.96. The molecule has 0 heterocycles. The van der Waals surface area contributed by atoms with Gasteiger partial charge in [0.25, 0.3) is 0 Å². The van der Waals surface area contributed by atoms with Crippen molar-refractivity contribution in [2.45, 2.75) is 4.90 Å². The molecule has 0 spiro atoms. The van der Waals surface area contributed by atoms with Crippen LogP contribution in [0.1, 0.15) is 0 Å². The lowest BCUT2D eigenvalue weighted by molar-refractivity contribution is 1.45. The van der Waals surface area contributed by atoms with Crippen molar-refractivity contribution in [2.75, 3.05) is 6.26 Å². The van der Waals surface area contributed by atoms with Crippen LogP contribution < -0.4 is 0 Å². The van der Waals surface area contributed by atoms with Gasteiger partial charge in [-0.1, -0.05) is 40.9 Å². The van der Waals surface area contributed by atoms with Gasteiger partial charge in [-0.25, -0.2) is 0 Å². The molecule has 0 amide bonds. The van der Waals surface area contributed by atoms with Crippen molar-refractivity contribution in [1.29, 1.82) is 0 Å². The molecule has 2 aromatic carbocycles. The number of halogens is 3. The van der Waals surface area contributed by atoms with Gasteiger partial charge in [0, 0.05) is 25.5 Å². The van der Waals surface area contributed by atoms with Crippen LogP contribution in [-0.2, 0) is 0 Å². The van der Waals surface area contributed by atoms with Crippen LogP contribution in [0, 0.1) is 0 Å². The van der Waals surface area contributed by atoms with Gasteiger partial charge in [0.1, 0.15) is 0 Å². The smallest absolute Gasteiger partial charge is 0.0485 e. The van der Waals surface area contributed by atoms with Gasteiger partial charge in [-0.05, 0) is 42.2 Å². The first-order valence-electron chi connectivity index (χ1n) is 4.91. The lowest BCUT2D eigenvalue weighted by Gasteiger charge is -2.10. The van der Waals surface area contributed by atoms with Gasteiger partial charge in [0.2, 0.25) is 0 Å². The molecule has 17 heavy (non-hydrogen) atoms. The minimum atomic E-state index is 0.673. The Morgan fingerprint density at radius 3 is 2.18 bits per heavy atom. The van der Waals surface area contributed by atoms with E-state index in [4.69, 9.17) is 34.8 Å². The molecule has 2 aromatic rings. The summed E-state index contributed by atoms with van der Waals surface area (Å²) in [7, 11) is 0. The molecule has 0 N–H and O–H groups in total. The minimum Gasteiger partial charge on any atom is -0.129 e. The Morgan fingerprint density at radius 1 is 0.824 bits per heavy atom. The highest BCUT2D eigenvalue weighted by Gasteiger charge is 2.09. The first kappa shape index (κ1) is 13.1. The highest BCUT2D eigenvalue weighted by atomic mass is 35.5. The SMILES string of the molecule is CSc1cc(Cl)ccc1-c1cc(Cl)ccc1Cl. The van der Waals surface area contributed by atoms with Gasteiger partial charge in [-0.3, -0.25) is 0 Å². The van der Waals surface area contributed by atoms with Crippen LogP contribution in [0.3, 0.4) is 0 Å². The maximum atomic E-state index is 6.20. The second-order valence-electron chi connectivity index (χ2n) is 3.47. The van der Waals surface area contributed by atoms with Gasteiger partial charge < -0.3 is 0 Å². The number of thioether (sulfide) groups is 1. The molecule has 0 radical (unpaired) electrons. The molecule has 0 aromatic heterocycles. The number of hydrogen-bond donors (Lipinski definition) is 0. The highest BCUT2D eigenvalue weighted by Crippen LogP contribution is 2.37. The molecule has 0 saturated heterocycles. The molecule has 0 aliphatic carbocycles. The van der Waals surface area contributed by atoms with Crippen LogP contribution in [0.4, 0.5) is 0 Å². The van der Waals surface area contributed by atoms with Crippen LogP contribution in [0.2, 0.25) is 15.1 Å². The van der Waals surface area contributed by atoms with Gasteiger partial charge in [-0.15, -0.1) is 11.8 Å². The van der Waals surface area contributed by atoms with E-state index in [-0.39, 0.29) is 0 Å². The molecular weight excluding hydrogens is 295 g/mol. The second-order valence-corrected chi connectivity index (χ2v) is 5.60. The lowest BCUT2D eigenvalue weighted by Crippen LogP contribution is -1.84. The molecule has 0 atom stereocenters. The fourth-order valence-electron chi connectivity index (χ4n) is 1.59. The third-order valence-electron chi connectivity index (χ3n) is 2.38. The van der Waals surface area contributed by atoms with Crippen molar-refractivity contribution in [3.63, 3.8) is 0 Å². The van der Waals surface area contributed by atoms with E-state index >= 15 is 0 Å². The Hall–Kier alpha value is -0.340. The molecular formula is C13H9Cl3S. The number of hydrogen-bond acceptors (Lipinski definition) is 1. The quantitative estimate of drug-likeness (QED) is 0.610. The summed E-state index contributed by atoms with van der Waals surface area (Å²) >= 11 is 19.8. The van der Waals surface area contributed by atoms with Crippen molar-refractivity contribution in [1.82, 2.24) is 0 Å². The Balaban J connectivity index is 2.63. The first-order valence-corrected chi connectivity index (χ1v) is 7.26. The van der Waals surface area contributed by atoms with E-state index in [9.17, 15) is 0 Å². The summed E-state index contributed by atoms with van der Waals surface area (Å²) < 4.78 is 0. The van der Waals surface area contributed by atoms with Crippen molar-refractivity contribution < 1.29 is 0 Å². The van der Waals surface area contributed by atoms with Crippen molar-refractivity contribution >= 4 is 46.6 Å². The topological polar surface area (TPSA) is 0 Å². The summed E-state index contributed by atoms with van der Waals surface area (Å²) in [6, 6.07) is 11.2. The summed E-state index contributed by atoms with van der Waals surface area (Å²) in [6.07, 6.45) is 2.01. The molecule has 0 aliphatic rings. The minimum absolute atomic E-state index is 0.673. The van der Waals surface area contributed by atoms with Gasteiger partial charge in [0.05, 0.1) is 0 Å². The predicted octanol–water partition coefficient (Wildman–Crippen LogP) is 6.04. The van der Waals surface area contributed by atoms with Gasteiger partial charge >= 0.3 is 0 Å². The van der Waals surface area contributed by atoms with E-state index in [0.29, 0.717) is 10.0 Å². The van der Waals surface area contributed by atoms with Crippen LogP contribution >= 0.6 is 46.6 Å². The first-order chi connectivity index (χ1) is 8.11. The van der Waals surface area contributed by atoms with Crippen LogP contribution in [0.25, 0.3) is 11.1 Å². The third kappa shape index (κ3) is 2.92. The van der Waals surface area contributed by atoms with Crippen molar-refractivity contribution in [2.24, 2.45) is 0 Å². The van der Waals surface area contributed by atoms with E-state index in [2.05, 4.69) is 0 Å². The Labute approximate surface area is 120 Å². The fraction of sp³-hybridized carbons (Fsp3) is 0.0769. The molecule has 0 fully saturated rings. The average molecular weight is 304 g/mol. The number of benzene rings is 2. The van der Waals surface area contributed by atoms with Crippen molar-refractivity contribution in [3.8, 4) is 11.1 Å². The Kier molecular flexibility index (Phi) is 4.26. The van der Waals surface area contributed by atoms with E-state index in [1.54, 1.807) is 23.9 Å². The van der Waals surface area contributed by atoms with E-state index < -0.39 is 0 Å². The van der Waals surface area contributed by atoms with E-state index in [0.717, 1.165) is 21.0 Å². The summed E-state index contributed by atoms with van der Waals surface area (Å²) in [5.74, 6) is 0. The molecule has 4 heteroatoms. The standard InChI is InChI=1S/C13H9Cl3S/c1-17-13-7-9(15)2-4-10(13)11-6-8(14)3-5-12(11)16/h2-7H,1H3. The monoisotopic (exact) mass is 302 g/mol. The molecule has 2 rings (SSSR count). The predicted molar refractivity (Wildman–Crippen MR) is 78.7 cm³/mol. The van der Waals surface area contributed by atoms with Gasteiger partial charge in [0.15, 0.2) is 0 Å². The Morgan fingerprint density at radius 2 is 1.47 bits per heavy atom. The maximum absolute atomic E-state index is 6.20. The zero-order valence-corrected chi connectivity index (χ0v) is 12.1. The molecule has 0 aliphatic heterocycles. The summed E-state index contributed by atoms with van der Waals surface area (Å²) in [5, 5.41) is 2.08. The van der Waals surface area contributed by atoms with Crippen LogP contribution in [-0.4, -0.2) is 6.26 Å². The van der Waals surface area contributed by atoms with Crippen molar-refractivity contribution in [3.05, 3.63) is 51.5 Å². The zero-order valence-electron chi connectivity index (χ0n) is 9.01. The molecule has 0 saturated carbocycles. The largest absolute Gasteiger partial charge is 0.129 e. The number of rotatable bonds is 2. The maximum Gasteiger partial charge on any atom is 0.0485 e. The Bertz CT molecular complexity index is 552.